The number of hydrogen-bond acceptors (Lipinski definition) is 7. The highest BCUT2D eigenvalue weighted by Gasteiger charge is 2.14. The summed E-state index contributed by atoms with van der Waals surface area (Å²) < 4.78 is 22.2. The number of thioether (sulfide) groups is 1. The van der Waals surface area contributed by atoms with Crippen molar-refractivity contribution in [3.05, 3.63) is 35.9 Å². The van der Waals surface area contributed by atoms with Gasteiger partial charge in [-0.3, -0.25) is 9.36 Å². The number of ether oxygens (including phenoxy) is 1. The Hall–Kier alpha value is -1.15. The molecule has 0 spiro atoms. The highest BCUT2D eigenvalue weighted by molar-refractivity contribution is 8.56. The minimum Gasteiger partial charge on any atom is -0.445 e. The standard InChI is InChI=1S/C21H35N2O5PS2/c1-3-28-29(2,26)31-16-15-30-14-10-5-4-9-13-22-20(24)17-23-21(25)27-18-19-11-7-6-8-12-19/h6-8,11-12H,3-5,9-10,13-18H2,1-2H3,(H,22,24)(H,23,25). The SMILES string of the molecule is CCOP(C)(=O)SCCSCCCCCCNC(=O)CNC(=O)OCc1ccccc1. The summed E-state index contributed by atoms with van der Waals surface area (Å²) in [6.07, 6.45) is 3.61. The van der Waals surface area contributed by atoms with Gasteiger partial charge in [-0.05, 0) is 31.1 Å². The molecule has 1 unspecified atom stereocenters. The Morgan fingerprint density at radius 3 is 2.48 bits per heavy atom. The van der Waals surface area contributed by atoms with E-state index in [9.17, 15) is 14.2 Å². The Morgan fingerprint density at radius 2 is 1.74 bits per heavy atom. The molecule has 0 aliphatic rings. The van der Waals surface area contributed by atoms with E-state index in [0.29, 0.717) is 13.2 Å². The van der Waals surface area contributed by atoms with Crippen molar-refractivity contribution >= 4 is 41.7 Å². The first kappa shape index (κ1) is 27.9. The molecule has 0 aliphatic carbocycles. The number of rotatable bonds is 17. The van der Waals surface area contributed by atoms with Gasteiger partial charge in [-0.1, -0.05) is 54.6 Å². The van der Waals surface area contributed by atoms with Gasteiger partial charge in [0.05, 0.1) is 13.2 Å². The zero-order valence-electron chi connectivity index (χ0n) is 18.5. The molecule has 0 bridgehead atoms. The summed E-state index contributed by atoms with van der Waals surface area (Å²) in [6.45, 7) is 2.26. The summed E-state index contributed by atoms with van der Waals surface area (Å²) in [6, 6.07) is 9.38. The molecule has 0 saturated carbocycles. The third kappa shape index (κ3) is 16.2. The summed E-state index contributed by atoms with van der Waals surface area (Å²) in [5.74, 6) is 2.69. The predicted molar refractivity (Wildman–Crippen MR) is 131 cm³/mol. The van der Waals surface area contributed by atoms with Crippen molar-refractivity contribution in [2.75, 3.05) is 43.6 Å². The van der Waals surface area contributed by atoms with Crippen LogP contribution in [0, 0.1) is 0 Å². The first-order valence-corrected chi connectivity index (χ1v) is 15.4. The molecule has 0 fully saturated rings. The van der Waals surface area contributed by atoms with Crippen molar-refractivity contribution in [3.8, 4) is 0 Å². The molecule has 0 saturated heterocycles. The van der Waals surface area contributed by atoms with Gasteiger partial charge in [0.15, 0.2) is 0 Å². The number of benzene rings is 1. The second kappa shape index (κ2) is 17.4. The van der Waals surface area contributed by atoms with Gasteiger partial charge >= 0.3 is 6.09 Å². The molecule has 0 heterocycles. The molecule has 2 N–H and O–H groups in total. The van der Waals surface area contributed by atoms with Gasteiger partial charge in [-0.2, -0.15) is 11.8 Å². The fourth-order valence-electron chi connectivity index (χ4n) is 2.54. The van der Waals surface area contributed by atoms with Crippen molar-refractivity contribution < 1.29 is 23.4 Å². The molecule has 10 heteroatoms. The third-order valence-electron chi connectivity index (χ3n) is 4.06. The zero-order valence-corrected chi connectivity index (χ0v) is 21.0. The maximum atomic E-state index is 11.9. The quantitative estimate of drug-likeness (QED) is 0.237. The van der Waals surface area contributed by atoms with Gasteiger partial charge in [-0.25, -0.2) is 4.79 Å². The summed E-state index contributed by atoms with van der Waals surface area (Å²) in [7, 11) is 0. The lowest BCUT2D eigenvalue weighted by Gasteiger charge is -2.11. The Kier molecular flexibility index (Phi) is 15.7. The number of hydrogen-bond donors (Lipinski definition) is 2. The average molecular weight is 491 g/mol. The van der Waals surface area contributed by atoms with E-state index in [1.165, 1.54) is 11.4 Å². The van der Waals surface area contributed by atoms with Gasteiger partial charge in [0.25, 0.3) is 6.57 Å². The second-order valence-electron chi connectivity index (χ2n) is 6.81. The normalized spacial score (nSPS) is 12.7. The number of alkyl carbamates (subject to hydrolysis) is 1. The molecule has 0 aliphatic heterocycles. The molecule has 0 radical (unpaired) electrons. The monoisotopic (exact) mass is 490 g/mol. The lowest BCUT2D eigenvalue weighted by molar-refractivity contribution is -0.120. The summed E-state index contributed by atoms with van der Waals surface area (Å²) in [4.78, 5) is 23.4. The van der Waals surface area contributed by atoms with Crippen LogP contribution in [-0.2, 0) is 25.2 Å². The van der Waals surface area contributed by atoms with Gasteiger partial charge in [0.2, 0.25) is 5.91 Å². The van der Waals surface area contributed by atoms with Crippen molar-refractivity contribution in [3.63, 3.8) is 0 Å². The maximum Gasteiger partial charge on any atom is 0.407 e. The van der Waals surface area contributed by atoms with E-state index in [1.807, 2.05) is 49.0 Å². The van der Waals surface area contributed by atoms with Crippen molar-refractivity contribution in [2.24, 2.45) is 0 Å². The largest absolute Gasteiger partial charge is 0.445 e. The minimum absolute atomic E-state index is 0.0870. The van der Waals surface area contributed by atoms with Crippen molar-refractivity contribution in [1.29, 1.82) is 0 Å². The Morgan fingerprint density at radius 1 is 1.00 bits per heavy atom. The van der Waals surface area contributed by atoms with E-state index in [1.54, 1.807) is 6.66 Å². The molecule has 1 rings (SSSR count). The van der Waals surface area contributed by atoms with E-state index in [2.05, 4.69) is 10.6 Å². The Labute approximate surface area is 194 Å². The lowest BCUT2D eigenvalue weighted by Crippen LogP contribution is -2.37. The van der Waals surface area contributed by atoms with Crippen LogP contribution in [0.2, 0.25) is 0 Å². The van der Waals surface area contributed by atoms with Gasteiger partial charge in [0.1, 0.15) is 6.61 Å². The van der Waals surface area contributed by atoms with Crippen LogP contribution < -0.4 is 10.6 Å². The molecule has 1 aromatic carbocycles. The van der Waals surface area contributed by atoms with Crippen LogP contribution >= 0.6 is 29.7 Å². The van der Waals surface area contributed by atoms with E-state index in [4.69, 9.17) is 9.26 Å². The number of nitrogens with one attached hydrogen (secondary N) is 2. The molecular formula is C21H35N2O5PS2. The third-order valence-corrected chi connectivity index (χ3v) is 9.24. The van der Waals surface area contributed by atoms with Crippen LogP contribution in [0.25, 0.3) is 0 Å². The van der Waals surface area contributed by atoms with Crippen LogP contribution in [-0.4, -0.2) is 55.6 Å². The van der Waals surface area contributed by atoms with Crippen LogP contribution in [0.1, 0.15) is 38.2 Å². The first-order chi connectivity index (χ1) is 14.9. The highest BCUT2D eigenvalue weighted by Crippen LogP contribution is 2.56. The number of carbonyl (C=O) groups excluding carboxylic acids is 2. The molecule has 2 amide bonds. The number of carbonyl (C=O) groups is 2. The lowest BCUT2D eigenvalue weighted by atomic mass is 10.2. The maximum absolute atomic E-state index is 11.9. The molecular weight excluding hydrogens is 455 g/mol. The van der Waals surface area contributed by atoms with Crippen molar-refractivity contribution in [2.45, 2.75) is 39.2 Å². The predicted octanol–water partition coefficient (Wildman–Crippen LogP) is 4.92. The van der Waals surface area contributed by atoms with Crippen LogP contribution in [0.3, 0.4) is 0 Å². The molecule has 176 valence electrons. The second-order valence-corrected chi connectivity index (χ2v) is 13.3. The molecule has 31 heavy (non-hydrogen) atoms. The highest BCUT2D eigenvalue weighted by atomic mass is 32.7. The molecule has 1 atom stereocenters. The van der Waals surface area contributed by atoms with E-state index >= 15 is 0 Å². The molecule has 0 aromatic heterocycles. The van der Waals surface area contributed by atoms with Crippen molar-refractivity contribution in [1.82, 2.24) is 10.6 Å². The fraction of sp³-hybridized carbons (Fsp3) is 0.619. The van der Waals surface area contributed by atoms with Crippen LogP contribution in [0.4, 0.5) is 4.79 Å². The average Bonchev–Trinajstić information content (AvgIpc) is 2.75. The topological polar surface area (TPSA) is 93.7 Å². The fourth-order valence-corrected chi connectivity index (χ4v) is 7.00. The van der Waals surface area contributed by atoms with Crippen LogP contribution in [0.5, 0.6) is 0 Å². The minimum atomic E-state index is -2.46. The first-order valence-electron chi connectivity index (χ1n) is 10.6. The van der Waals surface area contributed by atoms with Gasteiger partial charge in [-0.15, -0.1) is 0 Å². The summed E-state index contributed by atoms with van der Waals surface area (Å²) in [5.41, 5.74) is 0.896. The zero-order chi connectivity index (χ0) is 22.8. The van der Waals surface area contributed by atoms with Crippen LogP contribution in [0.15, 0.2) is 30.3 Å². The summed E-state index contributed by atoms with van der Waals surface area (Å²) in [5, 5.41) is 5.25. The van der Waals surface area contributed by atoms with E-state index in [0.717, 1.165) is 48.5 Å². The Bertz CT molecular complexity index is 679. The molecule has 7 nitrogen and oxygen atoms in total. The Balaban J connectivity index is 1.89. The molecule has 1 aromatic rings. The smallest absolute Gasteiger partial charge is 0.407 e. The number of amides is 2. The van der Waals surface area contributed by atoms with E-state index in [-0.39, 0.29) is 19.1 Å². The summed E-state index contributed by atoms with van der Waals surface area (Å²) >= 11 is 3.30. The van der Waals surface area contributed by atoms with Gasteiger partial charge < -0.3 is 19.9 Å². The van der Waals surface area contributed by atoms with E-state index < -0.39 is 12.7 Å². The van der Waals surface area contributed by atoms with Gasteiger partial charge in [0, 0.05) is 24.7 Å². The number of unbranched alkanes of at least 4 members (excludes halogenated alkanes) is 3.